The third-order valence-corrected chi connectivity index (χ3v) is 4.68. The summed E-state index contributed by atoms with van der Waals surface area (Å²) in [5.41, 5.74) is 1.05. The van der Waals surface area contributed by atoms with Crippen molar-refractivity contribution in [2.75, 3.05) is 18.5 Å². The van der Waals surface area contributed by atoms with Crippen molar-refractivity contribution < 1.29 is 23.8 Å². The van der Waals surface area contributed by atoms with Crippen LogP contribution in [0.5, 0.6) is 11.5 Å². The molecule has 0 bridgehead atoms. The summed E-state index contributed by atoms with van der Waals surface area (Å²) in [4.78, 5) is 23.6. The minimum atomic E-state index is -0.568. The van der Waals surface area contributed by atoms with Crippen molar-refractivity contribution in [3.05, 3.63) is 53.1 Å². The predicted molar refractivity (Wildman–Crippen MR) is 130 cm³/mol. The van der Waals surface area contributed by atoms with Gasteiger partial charge in [0.05, 0.1) is 18.3 Å². The molecule has 0 saturated carbocycles. The number of esters is 1. The highest BCUT2D eigenvalue weighted by atomic mass is 35.5. The number of rotatable bonds is 10. The van der Waals surface area contributed by atoms with Gasteiger partial charge >= 0.3 is 12.1 Å². The number of nitrogens with one attached hydrogen (secondary N) is 2. The molecule has 2 aromatic rings. The molecular weight excluding hydrogens is 444 g/mol. The van der Waals surface area contributed by atoms with E-state index >= 15 is 0 Å². The molecule has 0 aliphatic carbocycles. The number of hydrogen-bond acceptors (Lipinski definition) is 6. The number of hydrogen-bond donors (Lipinski definition) is 2. The van der Waals surface area contributed by atoms with Gasteiger partial charge in [0, 0.05) is 24.1 Å². The Morgan fingerprint density at radius 2 is 1.88 bits per heavy atom. The van der Waals surface area contributed by atoms with Crippen molar-refractivity contribution in [1.82, 2.24) is 5.32 Å². The summed E-state index contributed by atoms with van der Waals surface area (Å²) >= 11 is 6.18. The Kier molecular flexibility index (Phi) is 9.85. The molecule has 0 fully saturated rings. The third-order valence-electron chi connectivity index (χ3n) is 4.44. The Hall–Kier alpha value is -2.93. The number of carbonyl (C=O) groups excluding carboxylic acids is 2. The van der Waals surface area contributed by atoms with Gasteiger partial charge in [-0.15, -0.1) is 0 Å². The maximum absolute atomic E-state index is 12.1. The molecule has 33 heavy (non-hydrogen) atoms. The molecule has 2 rings (SSSR count). The smallest absolute Gasteiger partial charge is 0.408 e. The van der Waals surface area contributed by atoms with E-state index < -0.39 is 11.7 Å². The molecule has 180 valence electrons. The van der Waals surface area contributed by atoms with Crippen LogP contribution in [0.3, 0.4) is 0 Å². The number of halogens is 1. The minimum absolute atomic E-state index is 0.210. The average Bonchev–Trinajstić information content (AvgIpc) is 2.71. The summed E-state index contributed by atoms with van der Waals surface area (Å²) in [5, 5.41) is 6.65. The molecule has 0 saturated heterocycles. The van der Waals surface area contributed by atoms with Gasteiger partial charge in [0.2, 0.25) is 0 Å². The molecule has 2 N–H and O–H groups in total. The molecule has 1 amide bonds. The second-order valence-electron chi connectivity index (χ2n) is 8.52. The van der Waals surface area contributed by atoms with Gasteiger partial charge in [0.1, 0.15) is 11.4 Å². The molecule has 0 aliphatic rings. The maximum atomic E-state index is 12.1. The van der Waals surface area contributed by atoms with Crippen LogP contribution in [0.15, 0.2) is 42.5 Å². The molecule has 1 atom stereocenters. The van der Waals surface area contributed by atoms with Crippen molar-refractivity contribution in [3.63, 3.8) is 0 Å². The van der Waals surface area contributed by atoms with E-state index in [9.17, 15) is 9.59 Å². The summed E-state index contributed by atoms with van der Waals surface area (Å²) < 4.78 is 16.4. The standard InChI is InChI=1S/C25H33ClN2O5/c1-6-31-23(29)11-8-14-27-21-13-12-19(26)16-22(21)32-20-10-7-9-18(15-20)17(2)28-24(30)33-25(3,4)5/h7,9-10,12-13,15-17,27H,6,8,11,14H2,1-5H3,(H,28,30)/t17-/m0/s1. The van der Waals surface area contributed by atoms with Gasteiger partial charge in [-0.2, -0.15) is 0 Å². The minimum Gasteiger partial charge on any atom is -0.466 e. The molecule has 0 heterocycles. The molecule has 2 aromatic carbocycles. The Morgan fingerprint density at radius 1 is 1.12 bits per heavy atom. The zero-order chi connectivity index (χ0) is 24.4. The summed E-state index contributed by atoms with van der Waals surface area (Å²) in [6, 6.07) is 12.5. The fraction of sp³-hybridized carbons (Fsp3) is 0.440. The Bertz CT molecular complexity index is 943. The van der Waals surface area contributed by atoms with E-state index in [1.54, 1.807) is 19.1 Å². The normalized spacial score (nSPS) is 11.9. The highest BCUT2D eigenvalue weighted by molar-refractivity contribution is 6.30. The molecule has 0 unspecified atom stereocenters. The number of anilines is 1. The van der Waals surface area contributed by atoms with E-state index in [0.29, 0.717) is 42.5 Å². The number of carbonyl (C=O) groups is 2. The quantitative estimate of drug-likeness (QED) is 0.302. The summed E-state index contributed by atoms with van der Waals surface area (Å²) in [5.74, 6) is 0.948. The van der Waals surface area contributed by atoms with Gasteiger partial charge in [-0.05, 0) is 70.9 Å². The van der Waals surface area contributed by atoms with Gasteiger partial charge in [0.25, 0.3) is 0 Å². The number of benzene rings is 2. The van der Waals surface area contributed by atoms with Crippen LogP contribution < -0.4 is 15.4 Å². The largest absolute Gasteiger partial charge is 0.466 e. The lowest BCUT2D eigenvalue weighted by molar-refractivity contribution is -0.143. The fourth-order valence-electron chi connectivity index (χ4n) is 2.96. The Labute approximate surface area is 200 Å². The lowest BCUT2D eigenvalue weighted by Gasteiger charge is -2.22. The van der Waals surface area contributed by atoms with E-state index in [-0.39, 0.29) is 12.0 Å². The lowest BCUT2D eigenvalue weighted by Crippen LogP contribution is -2.34. The van der Waals surface area contributed by atoms with Crippen LogP contribution in [0, 0.1) is 0 Å². The predicted octanol–water partition coefficient (Wildman–Crippen LogP) is 6.47. The van der Waals surface area contributed by atoms with Crippen molar-refractivity contribution in [2.24, 2.45) is 0 Å². The molecule has 0 aromatic heterocycles. The summed E-state index contributed by atoms with van der Waals surface area (Å²) in [6.45, 7) is 10.1. The number of amides is 1. The summed E-state index contributed by atoms with van der Waals surface area (Å²) in [7, 11) is 0. The van der Waals surface area contributed by atoms with Gasteiger partial charge in [-0.3, -0.25) is 4.79 Å². The van der Waals surface area contributed by atoms with Gasteiger partial charge in [0.15, 0.2) is 5.75 Å². The lowest BCUT2D eigenvalue weighted by atomic mass is 10.1. The van der Waals surface area contributed by atoms with Crippen LogP contribution in [0.1, 0.15) is 59.1 Å². The third kappa shape index (κ3) is 9.61. The van der Waals surface area contributed by atoms with Gasteiger partial charge in [-0.25, -0.2) is 4.79 Å². The van der Waals surface area contributed by atoms with Crippen molar-refractivity contribution in [2.45, 2.75) is 59.1 Å². The average molecular weight is 477 g/mol. The van der Waals surface area contributed by atoms with E-state index in [0.717, 1.165) is 11.3 Å². The van der Waals surface area contributed by atoms with E-state index in [4.69, 9.17) is 25.8 Å². The van der Waals surface area contributed by atoms with Crippen LogP contribution in [-0.2, 0) is 14.3 Å². The van der Waals surface area contributed by atoms with Crippen molar-refractivity contribution in [1.29, 1.82) is 0 Å². The van der Waals surface area contributed by atoms with Crippen LogP contribution >= 0.6 is 11.6 Å². The van der Waals surface area contributed by atoms with E-state index in [1.807, 2.05) is 58.0 Å². The second kappa shape index (κ2) is 12.3. The molecule has 8 heteroatoms. The fourth-order valence-corrected chi connectivity index (χ4v) is 3.12. The molecule has 0 radical (unpaired) electrons. The SMILES string of the molecule is CCOC(=O)CCCNc1ccc(Cl)cc1Oc1cccc([C@H](C)NC(=O)OC(C)(C)C)c1. The summed E-state index contributed by atoms with van der Waals surface area (Å²) in [6.07, 6.45) is 0.491. The van der Waals surface area contributed by atoms with Gasteiger partial charge in [-0.1, -0.05) is 23.7 Å². The van der Waals surface area contributed by atoms with Crippen LogP contribution in [0.4, 0.5) is 10.5 Å². The maximum Gasteiger partial charge on any atom is 0.408 e. The monoisotopic (exact) mass is 476 g/mol. The first-order valence-electron chi connectivity index (χ1n) is 11.0. The first-order valence-corrected chi connectivity index (χ1v) is 11.4. The molecule has 0 aliphatic heterocycles. The molecule has 0 spiro atoms. The zero-order valence-corrected chi connectivity index (χ0v) is 20.6. The van der Waals surface area contributed by atoms with E-state index in [2.05, 4.69) is 10.6 Å². The molecule has 7 nitrogen and oxygen atoms in total. The van der Waals surface area contributed by atoms with Crippen LogP contribution in [-0.4, -0.2) is 30.8 Å². The Morgan fingerprint density at radius 3 is 2.58 bits per heavy atom. The first kappa shape index (κ1) is 26.3. The molecular formula is C25H33ClN2O5. The zero-order valence-electron chi connectivity index (χ0n) is 19.9. The van der Waals surface area contributed by atoms with E-state index in [1.165, 1.54) is 0 Å². The first-order chi connectivity index (χ1) is 15.6. The topological polar surface area (TPSA) is 85.9 Å². The highest BCUT2D eigenvalue weighted by Crippen LogP contribution is 2.33. The van der Waals surface area contributed by atoms with Crippen LogP contribution in [0.2, 0.25) is 5.02 Å². The Balaban J connectivity index is 2.04. The van der Waals surface area contributed by atoms with Crippen LogP contribution in [0.25, 0.3) is 0 Å². The second-order valence-corrected chi connectivity index (χ2v) is 8.95. The number of alkyl carbamates (subject to hydrolysis) is 1. The van der Waals surface area contributed by atoms with Crippen molar-refractivity contribution in [3.8, 4) is 11.5 Å². The number of ether oxygens (including phenoxy) is 3. The van der Waals surface area contributed by atoms with Crippen molar-refractivity contribution >= 4 is 29.4 Å². The van der Waals surface area contributed by atoms with Gasteiger partial charge < -0.3 is 24.8 Å². The highest BCUT2D eigenvalue weighted by Gasteiger charge is 2.18.